The van der Waals surface area contributed by atoms with Crippen molar-refractivity contribution in [1.29, 1.82) is 0 Å². The van der Waals surface area contributed by atoms with E-state index in [9.17, 15) is 0 Å². The van der Waals surface area contributed by atoms with Crippen molar-refractivity contribution in [3.8, 4) is 0 Å². The molecule has 0 aromatic carbocycles. The summed E-state index contributed by atoms with van der Waals surface area (Å²) < 4.78 is 11.5. The predicted octanol–water partition coefficient (Wildman–Crippen LogP) is 1.25. The van der Waals surface area contributed by atoms with Gasteiger partial charge in [-0.05, 0) is 39.3 Å². The van der Waals surface area contributed by atoms with Gasteiger partial charge in [0.25, 0.3) is 0 Å². The molecule has 0 aromatic rings. The van der Waals surface area contributed by atoms with Crippen LogP contribution >= 0.6 is 0 Å². The summed E-state index contributed by atoms with van der Waals surface area (Å²) in [5.41, 5.74) is 0. The lowest BCUT2D eigenvalue weighted by atomic mass is 9.98. The molecule has 2 rings (SSSR count). The quantitative estimate of drug-likeness (QED) is 0.803. The number of ether oxygens (including phenoxy) is 2. The van der Waals surface area contributed by atoms with E-state index < -0.39 is 0 Å². The van der Waals surface area contributed by atoms with Crippen molar-refractivity contribution in [1.82, 2.24) is 10.2 Å². The maximum absolute atomic E-state index is 5.80. The molecular formula is C14H28N2O2. The van der Waals surface area contributed by atoms with Gasteiger partial charge in [-0.1, -0.05) is 6.92 Å². The summed E-state index contributed by atoms with van der Waals surface area (Å²) in [6, 6.07) is 1.12. The fraction of sp³-hybridized carbons (Fsp3) is 1.00. The first-order valence-corrected chi connectivity index (χ1v) is 7.52. The third-order valence-electron chi connectivity index (χ3n) is 4.07. The molecule has 0 spiro atoms. The third-order valence-corrected chi connectivity index (χ3v) is 4.07. The minimum absolute atomic E-state index is 0.424. The first kappa shape index (κ1) is 14.3. The number of likely N-dealkylation sites (tertiary alicyclic amines) is 1. The summed E-state index contributed by atoms with van der Waals surface area (Å²) in [5.74, 6) is 0. The van der Waals surface area contributed by atoms with Gasteiger partial charge in [-0.15, -0.1) is 0 Å². The highest BCUT2D eigenvalue weighted by Crippen LogP contribution is 2.21. The molecule has 2 heterocycles. The van der Waals surface area contributed by atoms with Crippen molar-refractivity contribution in [3.63, 3.8) is 0 Å². The van der Waals surface area contributed by atoms with Crippen molar-refractivity contribution in [3.05, 3.63) is 0 Å². The Labute approximate surface area is 111 Å². The molecule has 2 aliphatic rings. The number of nitrogens with one attached hydrogen (secondary N) is 1. The smallest absolute Gasteiger partial charge is 0.0702 e. The molecule has 0 radical (unpaired) electrons. The second-order valence-corrected chi connectivity index (χ2v) is 5.31. The average Bonchev–Trinajstić information content (AvgIpc) is 2.40. The van der Waals surface area contributed by atoms with Gasteiger partial charge in [0.15, 0.2) is 0 Å². The lowest BCUT2D eigenvalue weighted by molar-refractivity contribution is -0.0504. The van der Waals surface area contributed by atoms with Crippen molar-refractivity contribution in [2.45, 2.75) is 51.3 Å². The van der Waals surface area contributed by atoms with Crippen LogP contribution in [0.15, 0.2) is 0 Å². The van der Waals surface area contributed by atoms with Crippen molar-refractivity contribution in [2.24, 2.45) is 0 Å². The lowest BCUT2D eigenvalue weighted by Gasteiger charge is -2.43. The van der Waals surface area contributed by atoms with Gasteiger partial charge < -0.3 is 14.8 Å². The zero-order valence-corrected chi connectivity index (χ0v) is 11.9. The minimum atomic E-state index is 0.424. The van der Waals surface area contributed by atoms with E-state index in [4.69, 9.17) is 9.47 Å². The van der Waals surface area contributed by atoms with Gasteiger partial charge in [0.05, 0.1) is 12.7 Å². The third kappa shape index (κ3) is 3.67. The molecule has 106 valence electrons. The van der Waals surface area contributed by atoms with Crippen LogP contribution in [0.4, 0.5) is 0 Å². The molecule has 18 heavy (non-hydrogen) atoms. The van der Waals surface area contributed by atoms with Gasteiger partial charge in [0.1, 0.15) is 0 Å². The van der Waals surface area contributed by atoms with Crippen molar-refractivity contribution < 1.29 is 9.47 Å². The molecule has 4 heteroatoms. The Morgan fingerprint density at radius 1 is 1.33 bits per heavy atom. The van der Waals surface area contributed by atoms with Gasteiger partial charge in [0.2, 0.25) is 0 Å². The van der Waals surface area contributed by atoms with Crippen LogP contribution in [0.3, 0.4) is 0 Å². The second kappa shape index (κ2) is 7.43. The molecule has 3 atom stereocenters. The molecule has 2 aliphatic heterocycles. The molecule has 2 saturated heterocycles. The monoisotopic (exact) mass is 256 g/mol. The number of hydrogen-bond acceptors (Lipinski definition) is 4. The standard InChI is InChI=1S/C14H28N2O2/c1-3-15-13-7-9-17-11-14(13)16-8-5-6-12(10-16)18-4-2/h12-15H,3-11H2,1-2H3. The molecule has 0 bridgehead atoms. The molecular weight excluding hydrogens is 228 g/mol. The average molecular weight is 256 g/mol. The zero-order chi connectivity index (χ0) is 12.8. The van der Waals surface area contributed by atoms with Crippen LogP contribution in [0, 0.1) is 0 Å². The predicted molar refractivity (Wildman–Crippen MR) is 72.9 cm³/mol. The highest BCUT2D eigenvalue weighted by Gasteiger charge is 2.33. The summed E-state index contributed by atoms with van der Waals surface area (Å²) in [4.78, 5) is 2.58. The maximum atomic E-state index is 5.80. The molecule has 0 aliphatic carbocycles. The number of hydrogen-bond donors (Lipinski definition) is 1. The van der Waals surface area contributed by atoms with E-state index in [1.165, 1.54) is 19.4 Å². The van der Waals surface area contributed by atoms with E-state index in [0.29, 0.717) is 18.2 Å². The maximum Gasteiger partial charge on any atom is 0.0702 e. The fourth-order valence-electron chi connectivity index (χ4n) is 3.22. The molecule has 0 saturated carbocycles. The van der Waals surface area contributed by atoms with Crippen LogP contribution in [-0.4, -0.2) is 62.5 Å². The Kier molecular flexibility index (Phi) is 5.89. The Hall–Kier alpha value is -0.160. The molecule has 3 unspecified atom stereocenters. The first-order chi connectivity index (χ1) is 8.85. The summed E-state index contributed by atoms with van der Waals surface area (Å²) in [5, 5.41) is 3.62. The molecule has 0 amide bonds. The Balaban J connectivity index is 1.90. The number of nitrogens with zero attached hydrogens (tertiary/aromatic N) is 1. The molecule has 1 N–H and O–H groups in total. The highest BCUT2D eigenvalue weighted by molar-refractivity contribution is 4.90. The molecule has 0 aromatic heterocycles. The summed E-state index contributed by atoms with van der Waals surface area (Å²) in [7, 11) is 0. The highest BCUT2D eigenvalue weighted by atomic mass is 16.5. The van der Waals surface area contributed by atoms with Crippen LogP contribution in [0.25, 0.3) is 0 Å². The van der Waals surface area contributed by atoms with Crippen LogP contribution < -0.4 is 5.32 Å². The van der Waals surface area contributed by atoms with E-state index in [-0.39, 0.29) is 0 Å². The Bertz CT molecular complexity index is 234. The first-order valence-electron chi connectivity index (χ1n) is 7.52. The van der Waals surface area contributed by atoms with E-state index in [2.05, 4.69) is 24.1 Å². The van der Waals surface area contributed by atoms with Gasteiger partial charge in [0, 0.05) is 31.8 Å². The molecule has 2 fully saturated rings. The van der Waals surface area contributed by atoms with Crippen LogP contribution in [0.5, 0.6) is 0 Å². The van der Waals surface area contributed by atoms with Gasteiger partial charge >= 0.3 is 0 Å². The number of likely N-dealkylation sites (N-methyl/N-ethyl adjacent to an activating group) is 1. The molecule has 4 nitrogen and oxygen atoms in total. The lowest BCUT2D eigenvalue weighted by Crippen LogP contribution is -2.58. The van der Waals surface area contributed by atoms with Crippen LogP contribution in [0.2, 0.25) is 0 Å². The minimum Gasteiger partial charge on any atom is -0.380 e. The number of piperidine rings is 1. The van der Waals surface area contributed by atoms with Crippen LogP contribution in [-0.2, 0) is 9.47 Å². The number of rotatable bonds is 5. The van der Waals surface area contributed by atoms with Gasteiger partial charge in [-0.2, -0.15) is 0 Å². The second-order valence-electron chi connectivity index (χ2n) is 5.31. The van der Waals surface area contributed by atoms with Crippen LogP contribution in [0.1, 0.15) is 33.1 Å². The van der Waals surface area contributed by atoms with Crippen molar-refractivity contribution >= 4 is 0 Å². The topological polar surface area (TPSA) is 33.7 Å². The van der Waals surface area contributed by atoms with E-state index >= 15 is 0 Å². The van der Waals surface area contributed by atoms with Crippen molar-refractivity contribution in [2.75, 3.05) is 39.5 Å². The Morgan fingerprint density at radius 3 is 3.00 bits per heavy atom. The van der Waals surface area contributed by atoms with Gasteiger partial charge in [-0.3, -0.25) is 4.90 Å². The SMILES string of the molecule is CCNC1CCOCC1N1CCCC(OCC)C1. The normalized spacial score (nSPS) is 34.7. The van der Waals surface area contributed by atoms with E-state index in [1.807, 2.05) is 0 Å². The summed E-state index contributed by atoms with van der Waals surface area (Å²) >= 11 is 0. The fourth-order valence-corrected chi connectivity index (χ4v) is 3.22. The summed E-state index contributed by atoms with van der Waals surface area (Å²) in [6.45, 7) is 10.2. The van der Waals surface area contributed by atoms with Gasteiger partial charge in [-0.25, -0.2) is 0 Å². The van der Waals surface area contributed by atoms with E-state index in [1.54, 1.807) is 0 Å². The Morgan fingerprint density at radius 2 is 2.22 bits per heavy atom. The largest absolute Gasteiger partial charge is 0.380 e. The van der Waals surface area contributed by atoms with E-state index in [0.717, 1.165) is 39.3 Å². The zero-order valence-electron chi connectivity index (χ0n) is 11.9. The summed E-state index contributed by atoms with van der Waals surface area (Å²) in [6.07, 6.45) is 4.02.